The van der Waals surface area contributed by atoms with Crippen LogP contribution in [0.4, 0.5) is 0 Å². The molecule has 0 saturated heterocycles. The fraction of sp³-hybridized carbons (Fsp3) is 0.125. The van der Waals surface area contributed by atoms with Gasteiger partial charge < -0.3 is 4.74 Å². The minimum atomic E-state index is 0.527. The number of halogens is 1. The summed E-state index contributed by atoms with van der Waals surface area (Å²) < 4.78 is 5.20. The van der Waals surface area contributed by atoms with Gasteiger partial charge in [-0.1, -0.05) is 17.7 Å². The van der Waals surface area contributed by atoms with Gasteiger partial charge >= 0.3 is 0 Å². The van der Waals surface area contributed by atoms with Gasteiger partial charge in [-0.25, -0.2) is 9.97 Å². The van der Waals surface area contributed by atoms with E-state index in [4.69, 9.17) is 16.3 Å². The van der Waals surface area contributed by atoms with Gasteiger partial charge in [0.05, 0.1) is 17.7 Å². The maximum absolute atomic E-state index is 6.28. The zero-order valence-electron chi connectivity index (χ0n) is 11.4. The maximum Gasteiger partial charge on any atom is 0.133 e. The van der Waals surface area contributed by atoms with E-state index >= 15 is 0 Å². The summed E-state index contributed by atoms with van der Waals surface area (Å²) in [4.78, 5) is 8.74. The Balaban J connectivity index is 1.87. The first kappa shape index (κ1) is 14.2. The van der Waals surface area contributed by atoms with Crippen molar-refractivity contribution in [2.45, 2.75) is 10.8 Å². The van der Waals surface area contributed by atoms with Crippen LogP contribution in [0.1, 0.15) is 5.56 Å². The van der Waals surface area contributed by atoms with Crippen molar-refractivity contribution in [3.8, 4) is 5.75 Å². The molecule has 0 fully saturated rings. The Morgan fingerprint density at radius 1 is 1.19 bits per heavy atom. The molecule has 2 aromatic heterocycles. The molecule has 3 aromatic rings. The summed E-state index contributed by atoms with van der Waals surface area (Å²) >= 11 is 7.92. The number of rotatable bonds is 4. The van der Waals surface area contributed by atoms with E-state index < -0.39 is 0 Å². The smallest absolute Gasteiger partial charge is 0.133 e. The van der Waals surface area contributed by atoms with Crippen LogP contribution in [0.2, 0.25) is 5.15 Å². The quantitative estimate of drug-likeness (QED) is 0.521. The second kappa shape index (κ2) is 6.33. The standard InChI is InChI=1S/C16H13ClN2OS/c1-20-13-6-5-11-8-12(16(17)19-14(11)9-13)10-21-15-4-2-3-7-18-15/h2-9H,10H2,1H3. The van der Waals surface area contributed by atoms with Gasteiger partial charge in [-0.3, -0.25) is 0 Å². The summed E-state index contributed by atoms with van der Waals surface area (Å²) in [5.41, 5.74) is 1.84. The number of methoxy groups -OCH3 is 1. The van der Waals surface area contributed by atoms with Crippen LogP contribution >= 0.6 is 23.4 Å². The Morgan fingerprint density at radius 2 is 2.10 bits per heavy atom. The third kappa shape index (κ3) is 3.28. The van der Waals surface area contributed by atoms with Gasteiger partial charge in [-0.05, 0) is 30.3 Å². The summed E-state index contributed by atoms with van der Waals surface area (Å²) in [7, 11) is 1.64. The van der Waals surface area contributed by atoms with E-state index in [1.165, 1.54) is 0 Å². The van der Waals surface area contributed by atoms with Gasteiger partial charge in [-0.2, -0.15) is 0 Å². The number of benzene rings is 1. The van der Waals surface area contributed by atoms with E-state index in [0.29, 0.717) is 5.15 Å². The Bertz CT molecular complexity index is 765. The molecular formula is C16H13ClN2OS. The first-order valence-electron chi connectivity index (χ1n) is 6.43. The largest absolute Gasteiger partial charge is 0.497 e. The molecule has 3 nitrogen and oxygen atoms in total. The van der Waals surface area contributed by atoms with Crippen LogP contribution in [0.3, 0.4) is 0 Å². The van der Waals surface area contributed by atoms with E-state index in [9.17, 15) is 0 Å². The Hall–Kier alpha value is -1.78. The molecule has 1 aromatic carbocycles. The fourth-order valence-electron chi connectivity index (χ4n) is 1.98. The van der Waals surface area contributed by atoms with Crippen molar-refractivity contribution in [2.75, 3.05) is 7.11 Å². The molecule has 0 bridgehead atoms. The molecule has 0 saturated carbocycles. The molecule has 21 heavy (non-hydrogen) atoms. The molecule has 0 unspecified atom stereocenters. The van der Waals surface area contributed by atoms with Crippen LogP contribution in [0.5, 0.6) is 5.75 Å². The van der Waals surface area contributed by atoms with E-state index in [-0.39, 0.29) is 0 Å². The Morgan fingerprint density at radius 3 is 2.86 bits per heavy atom. The maximum atomic E-state index is 6.28. The molecule has 0 atom stereocenters. The summed E-state index contributed by atoms with van der Waals surface area (Å²) in [5.74, 6) is 1.52. The fourth-order valence-corrected chi connectivity index (χ4v) is 3.10. The highest BCUT2D eigenvalue weighted by molar-refractivity contribution is 7.98. The molecule has 0 amide bonds. The molecule has 5 heteroatoms. The highest BCUT2D eigenvalue weighted by atomic mass is 35.5. The van der Waals surface area contributed by atoms with Gasteiger partial charge in [-0.15, -0.1) is 11.8 Å². The van der Waals surface area contributed by atoms with Crippen molar-refractivity contribution in [2.24, 2.45) is 0 Å². The third-order valence-corrected chi connectivity index (χ3v) is 4.38. The van der Waals surface area contributed by atoms with Crippen molar-refractivity contribution in [1.29, 1.82) is 0 Å². The highest BCUT2D eigenvalue weighted by Gasteiger charge is 2.07. The van der Waals surface area contributed by atoms with Gasteiger partial charge in [0.1, 0.15) is 10.9 Å². The van der Waals surface area contributed by atoms with Gasteiger partial charge in [0, 0.05) is 29.0 Å². The van der Waals surface area contributed by atoms with Gasteiger partial charge in [0.2, 0.25) is 0 Å². The number of hydrogen-bond donors (Lipinski definition) is 0. The van der Waals surface area contributed by atoms with Crippen LogP contribution in [0.15, 0.2) is 53.7 Å². The van der Waals surface area contributed by atoms with Crippen molar-refractivity contribution < 1.29 is 4.74 Å². The number of thioether (sulfide) groups is 1. The molecule has 0 aliphatic heterocycles. The second-order valence-corrected chi connectivity index (χ2v) is 5.81. The first-order chi connectivity index (χ1) is 10.3. The molecule has 2 heterocycles. The van der Waals surface area contributed by atoms with E-state index in [2.05, 4.69) is 16.0 Å². The lowest BCUT2D eigenvalue weighted by molar-refractivity contribution is 0.415. The number of fused-ring (bicyclic) bond motifs is 1. The van der Waals surface area contributed by atoms with Crippen molar-refractivity contribution >= 4 is 34.3 Å². The Kier molecular flexibility index (Phi) is 4.27. The van der Waals surface area contributed by atoms with E-state index in [0.717, 1.165) is 33.0 Å². The lowest BCUT2D eigenvalue weighted by Crippen LogP contribution is -1.90. The Labute approximate surface area is 132 Å². The van der Waals surface area contributed by atoms with Crippen molar-refractivity contribution in [3.63, 3.8) is 0 Å². The molecule has 0 radical (unpaired) electrons. The molecule has 0 aliphatic rings. The number of nitrogens with zero attached hydrogens (tertiary/aromatic N) is 2. The summed E-state index contributed by atoms with van der Waals surface area (Å²) in [6, 6.07) is 13.7. The van der Waals surface area contributed by atoms with Crippen molar-refractivity contribution in [1.82, 2.24) is 9.97 Å². The average molecular weight is 317 g/mol. The monoisotopic (exact) mass is 316 g/mol. The third-order valence-electron chi connectivity index (χ3n) is 3.06. The van der Waals surface area contributed by atoms with Gasteiger partial charge in [0.25, 0.3) is 0 Å². The van der Waals surface area contributed by atoms with Gasteiger partial charge in [0.15, 0.2) is 0 Å². The summed E-state index contributed by atoms with van der Waals surface area (Å²) in [6.45, 7) is 0. The lowest BCUT2D eigenvalue weighted by Gasteiger charge is -2.07. The molecule has 106 valence electrons. The second-order valence-electron chi connectivity index (χ2n) is 4.45. The zero-order chi connectivity index (χ0) is 14.7. The predicted octanol–water partition coefficient (Wildman–Crippen LogP) is 4.58. The number of hydrogen-bond acceptors (Lipinski definition) is 4. The van der Waals surface area contributed by atoms with E-state index in [1.807, 2.05) is 36.4 Å². The summed E-state index contributed by atoms with van der Waals surface area (Å²) in [5, 5.41) is 2.55. The highest BCUT2D eigenvalue weighted by Crippen LogP contribution is 2.28. The number of pyridine rings is 2. The lowest BCUT2D eigenvalue weighted by atomic mass is 10.1. The molecule has 0 N–H and O–H groups in total. The number of aromatic nitrogens is 2. The van der Waals surface area contributed by atoms with Crippen LogP contribution in [0.25, 0.3) is 10.9 Å². The van der Waals surface area contributed by atoms with Crippen LogP contribution in [-0.4, -0.2) is 17.1 Å². The number of ether oxygens (including phenoxy) is 1. The molecule has 0 aliphatic carbocycles. The minimum absolute atomic E-state index is 0.527. The molecular weight excluding hydrogens is 304 g/mol. The molecule has 0 spiro atoms. The molecule has 3 rings (SSSR count). The van der Waals surface area contributed by atoms with Crippen LogP contribution < -0.4 is 4.74 Å². The summed E-state index contributed by atoms with van der Waals surface area (Å²) in [6.07, 6.45) is 1.79. The zero-order valence-corrected chi connectivity index (χ0v) is 13.0. The SMILES string of the molecule is COc1ccc2cc(CSc3ccccn3)c(Cl)nc2c1. The average Bonchev–Trinajstić information content (AvgIpc) is 2.53. The topological polar surface area (TPSA) is 35.0 Å². The first-order valence-corrected chi connectivity index (χ1v) is 7.79. The normalized spacial score (nSPS) is 10.8. The predicted molar refractivity (Wildman–Crippen MR) is 87.1 cm³/mol. The van der Waals surface area contributed by atoms with E-state index in [1.54, 1.807) is 25.1 Å². The van der Waals surface area contributed by atoms with Crippen molar-refractivity contribution in [3.05, 3.63) is 59.4 Å². The van der Waals surface area contributed by atoms with Crippen LogP contribution in [0, 0.1) is 0 Å². The van der Waals surface area contributed by atoms with Crippen LogP contribution in [-0.2, 0) is 5.75 Å². The minimum Gasteiger partial charge on any atom is -0.497 e.